The molecule has 0 fully saturated rings. The second kappa shape index (κ2) is 7.75. The molecule has 2 N–H and O–H groups in total. The van der Waals surface area contributed by atoms with Gasteiger partial charge in [0.2, 0.25) is 15.9 Å². The highest BCUT2D eigenvalue weighted by Gasteiger charge is 2.30. The number of aliphatic hydroxyl groups is 1. The molecular weight excluding hydrogens is 376 g/mol. The van der Waals surface area contributed by atoms with Crippen molar-refractivity contribution in [2.24, 2.45) is 0 Å². The third-order valence-electron chi connectivity index (χ3n) is 4.34. The average molecular weight is 395 g/mol. The third-order valence-corrected chi connectivity index (χ3v) is 6.08. The maximum atomic E-state index is 12.7. The van der Waals surface area contributed by atoms with Gasteiger partial charge in [0.05, 0.1) is 11.5 Å². The van der Waals surface area contributed by atoms with Crippen LogP contribution in [0.2, 0.25) is 5.02 Å². The largest absolute Gasteiger partial charge is 0.394 e. The van der Waals surface area contributed by atoms with Gasteiger partial charge in [0.1, 0.15) is 6.04 Å². The van der Waals surface area contributed by atoms with Crippen LogP contribution in [0.5, 0.6) is 0 Å². The Morgan fingerprint density at radius 2 is 1.81 bits per heavy atom. The molecule has 0 saturated carbocycles. The third kappa shape index (κ3) is 4.07. The lowest BCUT2D eigenvalue weighted by molar-refractivity contribution is -0.134. The molecule has 0 spiro atoms. The number of aliphatic hydroxyl groups excluding tert-OH is 1. The van der Waals surface area contributed by atoms with Crippen LogP contribution in [-0.2, 0) is 27.8 Å². The van der Waals surface area contributed by atoms with Crippen LogP contribution in [0.25, 0.3) is 0 Å². The first-order valence-electron chi connectivity index (χ1n) is 8.15. The lowest BCUT2D eigenvalue weighted by Gasteiger charge is -2.31. The molecule has 1 aliphatic rings. The number of carbonyl (C=O) groups is 1. The van der Waals surface area contributed by atoms with E-state index in [4.69, 9.17) is 11.6 Å². The van der Waals surface area contributed by atoms with E-state index in [1.807, 2.05) is 24.3 Å². The Kier molecular flexibility index (Phi) is 5.62. The summed E-state index contributed by atoms with van der Waals surface area (Å²) < 4.78 is 27.2. The molecule has 1 heterocycles. The van der Waals surface area contributed by atoms with Crippen LogP contribution in [0.1, 0.15) is 11.1 Å². The molecule has 0 bridgehead atoms. The Morgan fingerprint density at radius 1 is 1.15 bits per heavy atom. The SMILES string of the molecule is O=C(C(CO)NS(=O)(=O)c1ccc(Cl)cc1)N1CCc2ccccc2C1. The molecule has 1 unspecified atom stereocenters. The predicted molar refractivity (Wildman–Crippen MR) is 98.2 cm³/mol. The fourth-order valence-corrected chi connectivity index (χ4v) is 4.25. The summed E-state index contributed by atoms with van der Waals surface area (Å²) >= 11 is 5.77. The van der Waals surface area contributed by atoms with E-state index in [0.717, 1.165) is 5.56 Å². The number of nitrogens with one attached hydrogen (secondary N) is 1. The van der Waals surface area contributed by atoms with Gasteiger partial charge in [0, 0.05) is 18.1 Å². The highest BCUT2D eigenvalue weighted by molar-refractivity contribution is 7.89. The maximum Gasteiger partial charge on any atom is 0.243 e. The summed E-state index contributed by atoms with van der Waals surface area (Å²) in [4.78, 5) is 14.3. The summed E-state index contributed by atoms with van der Waals surface area (Å²) in [6.45, 7) is 0.257. The second-order valence-electron chi connectivity index (χ2n) is 6.09. The molecule has 2 aromatic carbocycles. The number of carbonyl (C=O) groups excluding carboxylic acids is 1. The Balaban J connectivity index is 1.74. The van der Waals surface area contributed by atoms with Crippen LogP contribution >= 0.6 is 11.6 Å². The summed E-state index contributed by atoms with van der Waals surface area (Å²) in [6, 6.07) is 12.2. The Labute approximate surface area is 157 Å². The zero-order chi connectivity index (χ0) is 18.7. The zero-order valence-electron chi connectivity index (χ0n) is 13.9. The molecule has 1 aliphatic heterocycles. The number of rotatable bonds is 5. The van der Waals surface area contributed by atoms with E-state index in [0.29, 0.717) is 24.5 Å². The molecule has 2 aromatic rings. The van der Waals surface area contributed by atoms with Gasteiger partial charge in [-0.1, -0.05) is 35.9 Å². The van der Waals surface area contributed by atoms with E-state index in [1.54, 1.807) is 4.90 Å². The van der Waals surface area contributed by atoms with Gasteiger partial charge in [-0.25, -0.2) is 8.42 Å². The van der Waals surface area contributed by atoms with Crippen LogP contribution in [0, 0.1) is 0 Å². The standard InChI is InChI=1S/C18H19ClN2O4S/c19-15-5-7-16(8-6-15)26(24,25)20-17(12-22)18(23)21-10-9-13-3-1-2-4-14(13)11-21/h1-8,17,20,22H,9-12H2. The van der Waals surface area contributed by atoms with Gasteiger partial charge in [0.15, 0.2) is 0 Å². The number of halogens is 1. The minimum absolute atomic E-state index is 0.0165. The summed E-state index contributed by atoms with van der Waals surface area (Å²) in [5.74, 6) is -0.445. The molecular formula is C18H19ClN2O4S. The van der Waals surface area contributed by atoms with E-state index in [-0.39, 0.29) is 4.90 Å². The number of hydrogen-bond acceptors (Lipinski definition) is 4. The van der Waals surface area contributed by atoms with E-state index in [9.17, 15) is 18.3 Å². The lowest BCUT2D eigenvalue weighted by Crippen LogP contribution is -2.51. The minimum atomic E-state index is -3.95. The van der Waals surface area contributed by atoms with Gasteiger partial charge in [-0.05, 0) is 41.8 Å². The van der Waals surface area contributed by atoms with Crippen LogP contribution in [0.15, 0.2) is 53.4 Å². The van der Waals surface area contributed by atoms with Crippen molar-refractivity contribution < 1.29 is 18.3 Å². The lowest BCUT2D eigenvalue weighted by atomic mass is 9.99. The first-order chi connectivity index (χ1) is 12.4. The normalized spacial score (nSPS) is 15.4. The fraction of sp³-hybridized carbons (Fsp3) is 0.278. The Morgan fingerprint density at radius 3 is 2.46 bits per heavy atom. The number of benzene rings is 2. The van der Waals surface area contributed by atoms with E-state index in [2.05, 4.69) is 4.72 Å². The first kappa shape index (κ1) is 18.8. The smallest absolute Gasteiger partial charge is 0.243 e. The minimum Gasteiger partial charge on any atom is -0.394 e. The van der Waals surface area contributed by atoms with E-state index in [1.165, 1.54) is 29.8 Å². The van der Waals surface area contributed by atoms with Crippen molar-refractivity contribution in [3.8, 4) is 0 Å². The second-order valence-corrected chi connectivity index (χ2v) is 8.24. The maximum absolute atomic E-state index is 12.7. The average Bonchev–Trinajstić information content (AvgIpc) is 2.65. The van der Waals surface area contributed by atoms with Gasteiger partial charge in [-0.3, -0.25) is 4.79 Å². The number of fused-ring (bicyclic) bond motifs is 1. The number of amides is 1. The van der Waals surface area contributed by atoms with Crippen molar-refractivity contribution in [1.82, 2.24) is 9.62 Å². The van der Waals surface area contributed by atoms with E-state index >= 15 is 0 Å². The van der Waals surface area contributed by atoms with Gasteiger partial charge in [-0.2, -0.15) is 4.72 Å². The van der Waals surface area contributed by atoms with Gasteiger partial charge in [-0.15, -0.1) is 0 Å². The molecule has 0 saturated heterocycles. The van der Waals surface area contributed by atoms with Gasteiger partial charge in [0.25, 0.3) is 0 Å². The van der Waals surface area contributed by atoms with Crippen molar-refractivity contribution in [3.63, 3.8) is 0 Å². The molecule has 1 atom stereocenters. The molecule has 6 nitrogen and oxygen atoms in total. The fourth-order valence-electron chi connectivity index (χ4n) is 2.94. The summed E-state index contributed by atoms with van der Waals surface area (Å²) in [5, 5.41) is 9.99. The quantitative estimate of drug-likeness (QED) is 0.805. The monoisotopic (exact) mass is 394 g/mol. The Bertz CT molecular complexity index is 900. The van der Waals surface area contributed by atoms with Crippen molar-refractivity contribution in [2.75, 3.05) is 13.2 Å². The highest BCUT2D eigenvalue weighted by atomic mass is 35.5. The zero-order valence-corrected chi connectivity index (χ0v) is 15.5. The molecule has 3 rings (SSSR count). The molecule has 0 aliphatic carbocycles. The molecule has 8 heteroatoms. The van der Waals surface area contributed by atoms with Crippen molar-refractivity contribution in [2.45, 2.75) is 23.9 Å². The number of sulfonamides is 1. The van der Waals surface area contributed by atoms with Gasteiger partial charge < -0.3 is 10.0 Å². The highest BCUT2D eigenvalue weighted by Crippen LogP contribution is 2.20. The van der Waals surface area contributed by atoms with Crippen molar-refractivity contribution in [1.29, 1.82) is 0 Å². The summed E-state index contributed by atoms with van der Waals surface area (Å²) in [6.07, 6.45) is 0.698. The van der Waals surface area contributed by atoms with E-state index < -0.39 is 28.6 Å². The van der Waals surface area contributed by atoms with Crippen LogP contribution in [-0.4, -0.2) is 43.5 Å². The molecule has 0 aromatic heterocycles. The Hall–Kier alpha value is -1.93. The van der Waals surface area contributed by atoms with Gasteiger partial charge >= 0.3 is 0 Å². The molecule has 0 radical (unpaired) electrons. The number of hydrogen-bond donors (Lipinski definition) is 2. The topological polar surface area (TPSA) is 86.7 Å². The van der Waals surface area contributed by atoms with Crippen molar-refractivity contribution >= 4 is 27.5 Å². The van der Waals surface area contributed by atoms with Crippen LogP contribution < -0.4 is 4.72 Å². The summed E-state index contributed by atoms with van der Waals surface area (Å²) in [5.41, 5.74) is 2.21. The molecule has 1 amide bonds. The van der Waals surface area contributed by atoms with Crippen molar-refractivity contribution in [3.05, 3.63) is 64.7 Å². The number of nitrogens with zero attached hydrogens (tertiary/aromatic N) is 1. The predicted octanol–water partition coefficient (Wildman–Crippen LogP) is 1.56. The van der Waals surface area contributed by atoms with Crippen LogP contribution in [0.3, 0.4) is 0 Å². The molecule has 138 valence electrons. The molecule has 26 heavy (non-hydrogen) atoms. The summed E-state index contributed by atoms with van der Waals surface area (Å²) in [7, 11) is -3.95. The first-order valence-corrected chi connectivity index (χ1v) is 10.0. The van der Waals surface area contributed by atoms with Crippen LogP contribution in [0.4, 0.5) is 0 Å².